The Balaban J connectivity index is 2.85. The van der Waals surface area contributed by atoms with Crippen molar-refractivity contribution in [3.63, 3.8) is 0 Å². The van der Waals surface area contributed by atoms with E-state index >= 15 is 0 Å². The van der Waals surface area contributed by atoms with Crippen molar-refractivity contribution in [3.05, 3.63) is 22.2 Å². The van der Waals surface area contributed by atoms with Crippen LogP contribution in [0.15, 0.2) is 12.1 Å². The van der Waals surface area contributed by atoms with Gasteiger partial charge in [-0.25, -0.2) is 4.98 Å². The molecule has 7 nitrogen and oxygen atoms in total. The average Bonchev–Trinajstić information content (AvgIpc) is 2.42. The second-order valence-corrected chi connectivity index (χ2v) is 4.94. The van der Waals surface area contributed by atoms with Gasteiger partial charge < -0.3 is 15.7 Å². The summed E-state index contributed by atoms with van der Waals surface area (Å²) in [5.74, 6) is 0.831. The zero-order valence-corrected chi connectivity index (χ0v) is 12.1. The van der Waals surface area contributed by atoms with Crippen LogP contribution in [0, 0.1) is 16.0 Å². The lowest BCUT2D eigenvalue weighted by atomic mass is 10.1. The van der Waals surface area contributed by atoms with Gasteiger partial charge in [-0.05, 0) is 18.4 Å². The van der Waals surface area contributed by atoms with Gasteiger partial charge in [0.1, 0.15) is 5.82 Å². The number of nitrogens with zero attached hydrogens (tertiary/aromatic N) is 2. The smallest absolute Gasteiger partial charge is 0.311 e. The number of anilines is 2. The molecule has 3 N–H and O–H groups in total. The normalized spacial score (nSPS) is 12.2. The molecule has 20 heavy (non-hydrogen) atoms. The minimum atomic E-state index is -0.580. The molecule has 0 aliphatic heterocycles. The first-order valence-electron chi connectivity index (χ1n) is 6.77. The van der Waals surface area contributed by atoms with Crippen LogP contribution in [-0.2, 0) is 0 Å². The number of rotatable bonds is 8. The molecular formula is C13H22N4O3. The topological polar surface area (TPSA) is 100 Å². The fourth-order valence-corrected chi connectivity index (χ4v) is 1.52. The maximum absolute atomic E-state index is 11.0. The van der Waals surface area contributed by atoms with Gasteiger partial charge in [0, 0.05) is 19.2 Å². The van der Waals surface area contributed by atoms with Gasteiger partial charge in [0.05, 0.1) is 11.0 Å². The number of hydrogen-bond acceptors (Lipinski definition) is 6. The molecule has 0 aliphatic carbocycles. The third-order valence-corrected chi connectivity index (χ3v) is 2.87. The number of aliphatic hydroxyl groups excluding tert-OH is 1. The highest BCUT2D eigenvalue weighted by Gasteiger charge is 2.17. The Morgan fingerprint density at radius 3 is 2.65 bits per heavy atom. The third kappa shape index (κ3) is 4.65. The highest BCUT2D eigenvalue weighted by Crippen LogP contribution is 2.24. The zero-order valence-electron chi connectivity index (χ0n) is 12.1. The number of hydrogen-bond donors (Lipinski definition) is 3. The van der Waals surface area contributed by atoms with E-state index in [0.717, 1.165) is 13.0 Å². The van der Waals surface area contributed by atoms with Gasteiger partial charge in [-0.1, -0.05) is 20.8 Å². The average molecular weight is 282 g/mol. The zero-order chi connectivity index (χ0) is 15.1. The molecule has 0 spiro atoms. The summed E-state index contributed by atoms with van der Waals surface area (Å²) in [7, 11) is 0. The minimum Gasteiger partial charge on any atom is -0.391 e. The van der Waals surface area contributed by atoms with E-state index in [1.54, 1.807) is 6.07 Å². The van der Waals surface area contributed by atoms with E-state index in [0.29, 0.717) is 5.82 Å². The van der Waals surface area contributed by atoms with Crippen LogP contribution in [0.1, 0.15) is 27.2 Å². The summed E-state index contributed by atoms with van der Waals surface area (Å²) < 4.78 is 0. The van der Waals surface area contributed by atoms with E-state index in [4.69, 9.17) is 0 Å². The van der Waals surface area contributed by atoms with Crippen molar-refractivity contribution in [1.82, 2.24) is 4.98 Å². The number of aliphatic hydroxyl groups is 1. The lowest BCUT2D eigenvalue weighted by Crippen LogP contribution is -2.25. The third-order valence-electron chi connectivity index (χ3n) is 2.87. The molecule has 1 aromatic heterocycles. The molecule has 0 saturated heterocycles. The molecule has 1 heterocycles. The van der Waals surface area contributed by atoms with Gasteiger partial charge in [-0.2, -0.15) is 0 Å². The van der Waals surface area contributed by atoms with Crippen molar-refractivity contribution in [2.45, 2.75) is 33.3 Å². The summed E-state index contributed by atoms with van der Waals surface area (Å²) in [5.41, 5.74) is -0.0944. The quantitative estimate of drug-likeness (QED) is 0.499. The van der Waals surface area contributed by atoms with Crippen LogP contribution in [-0.4, -0.2) is 34.2 Å². The van der Waals surface area contributed by atoms with Crippen LogP contribution in [0.3, 0.4) is 0 Å². The SMILES string of the molecule is CCCNc1ccc([N+](=O)[O-])c(NCC(O)C(C)C)n1. The van der Waals surface area contributed by atoms with Crippen LogP contribution >= 0.6 is 0 Å². The van der Waals surface area contributed by atoms with Crippen LogP contribution in [0.5, 0.6) is 0 Å². The number of nitrogens with one attached hydrogen (secondary N) is 2. The Hall–Kier alpha value is -1.89. The molecule has 1 rings (SSSR count). The van der Waals surface area contributed by atoms with Crippen molar-refractivity contribution in [2.24, 2.45) is 5.92 Å². The minimum absolute atomic E-state index is 0.0722. The fraction of sp³-hybridized carbons (Fsp3) is 0.615. The Morgan fingerprint density at radius 1 is 1.40 bits per heavy atom. The molecule has 112 valence electrons. The first kappa shape index (κ1) is 16.2. The van der Waals surface area contributed by atoms with E-state index in [1.807, 2.05) is 20.8 Å². The molecule has 0 amide bonds. The van der Waals surface area contributed by atoms with Crippen molar-refractivity contribution < 1.29 is 10.0 Å². The largest absolute Gasteiger partial charge is 0.391 e. The van der Waals surface area contributed by atoms with Crippen molar-refractivity contribution in [3.8, 4) is 0 Å². The lowest BCUT2D eigenvalue weighted by Gasteiger charge is -2.16. The van der Waals surface area contributed by atoms with E-state index < -0.39 is 11.0 Å². The van der Waals surface area contributed by atoms with Gasteiger partial charge in [-0.3, -0.25) is 10.1 Å². The molecule has 1 aromatic rings. The fourth-order valence-electron chi connectivity index (χ4n) is 1.52. The first-order chi connectivity index (χ1) is 9.45. The van der Waals surface area contributed by atoms with Crippen molar-refractivity contribution in [2.75, 3.05) is 23.7 Å². The Labute approximate surface area is 118 Å². The Morgan fingerprint density at radius 2 is 2.10 bits per heavy atom. The maximum atomic E-state index is 11.0. The molecular weight excluding hydrogens is 260 g/mol. The summed E-state index contributed by atoms with van der Waals surface area (Å²) >= 11 is 0. The van der Waals surface area contributed by atoms with Gasteiger partial charge in [0.25, 0.3) is 0 Å². The standard InChI is InChI=1S/C13H22N4O3/c1-4-7-14-12-6-5-10(17(19)20)13(16-12)15-8-11(18)9(2)3/h5-6,9,11,18H,4,7-8H2,1-3H3,(H2,14,15,16). The molecule has 0 radical (unpaired) electrons. The number of nitro groups is 1. The summed E-state index contributed by atoms with van der Waals surface area (Å²) in [6.07, 6.45) is 0.358. The van der Waals surface area contributed by atoms with Gasteiger partial charge in [0.2, 0.25) is 5.82 Å². The monoisotopic (exact) mass is 282 g/mol. The summed E-state index contributed by atoms with van der Waals surface area (Å²) in [5, 5.41) is 26.6. The van der Waals surface area contributed by atoms with Crippen LogP contribution < -0.4 is 10.6 Å². The molecule has 0 saturated carbocycles. The summed E-state index contributed by atoms with van der Waals surface area (Å²) in [6.45, 7) is 6.76. The Bertz CT molecular complexity index is 451. The van der Waals surface area contributed by atoms with E-state index in [-0.39, 0.29) is 24.0 Å². The highest BCUT2D eigenvalue weighted by atomic mass is 16.6. The second-order valence-electron chi connectivity index (χ2n) is 4.94. The molecule has 0 aliphatic rings. The second kappa shape index (κ2) is 7.64. The molecule has 0 aromatic carbocycles. The Kier molecular flexibility index (Phi) is 6.17. The predicted octanol–water partition coefficient (Wildman–Crippen LogP) is 2.24. The molecule has 1 unspecified atom stereocenters. The van der Waals surface area contributed by atoms with Crippen molar-refractivity contribution >= 4 is 17.3 Å². The molecule has 1 atom stereocenters. The molecule has 0 bridgehead atoms. The predicted molar refractivity (Wildman–Crippen MR) is 79.0 cm³/mol. The highest BCUT2D eigenvalue weighted by molar-refractivity contribution is 5.60. The maximum Gasteiger partial charge on any atom is 0.311 e. The van der Waals surface area contributed by atoms with Gasteiger partial charge in [0.15, 0.2) is 0 Å². The van der Waals surface area contributed by atoms with Crippen LogP contribution in [0.25, 0.3) is 0 Å². The number of aromatic nitrogens is 1. The first-order valence-corrected chi connectivity index (χ1v) is 6.77. The van der Waals surface area contributed by atoms with Gasteiger partial charge >= 0.3 is 5.69 Å². The summed E-state index contributed by atoms with van der Waals surface area (Å²) in [4.78, 5) is 14.7. The summed E-state index contributed by atoms with van der Waals surface area (Å²) in [6, 6.07) is 2.99. The van der Waals surface area contributed by atoms with Crippen LogP contribution in [0.2, 0.25) is 0 Å². The van der Waals surface area contributed by atoms with E-state index in [2.05, 4.69) is 15.6 Å². The van der Waals surface area contributed by atoms with E-state index in [1.165, 1.54) is 6.07 Å². The molecule has 0 fully saturated rings. The van der Waals surface area contributed by atoms with Crippen molar-refractivity contribution in [1.29, 1.82) is 0 Å². The lowest BCUT2D eigenvalue weighted by molar-refractivity contribution is -0.384. The van der Waals surface area contributed by atoms with E-state index in [9.17, 15) is 15.2 Å². The van der Waals surface area contributed by atoms with Gasteiger partial charge in [-0.15, -0.1) is 0 Å². The number of pyridine rings is 1. The molecule has 7 heteroatoms. The van der Waals surface area contributed by atoms with Crippen LogP contribution in [0.4, 0.5) is 17.3 Å².